The van der Waals surface area contributed by atoms with Crippen LogP contribution in [-0.2, 0) is 0 Å². The second-order valence-electron chi connectivity index (χ2n) is 3.61. The van der Waals surface area contributed by atoms with Gasteiger partial charge < -0.3 is 10.4 Å². The molecule has 16 heavy (non-hydrogen) atoms. The molecule has 0 aliphatic carbocycles. The van der Waals surface area contributed by atoms with Crippen LogP contribution >= 0.6 is 11.6 Å². The summed E-state index contributed by atoms with van der Waals surface area (Å²) < 4.78 is 0. The fraction of sp³-hybridized carbons (Fsp3) is 0.455. The molecule has 0 aliphatic rings. The molecule has 0 saturated heterocycles. The standard InChI is InChI=1S/C11H15ClN2O2/c1-8(15)3-2-6-13-11(16)10-5-4-9(12)7-14-10/h4-5,7-8,15H,2-3,6H2,1H3,(H,13,16). The van der Waals surface area contributed by atoms with Gasteiger partial charge in [0.05, 0.1) is 11.1 Å². The lowest BCUT2D eigenvalue weighted by Gasteiger charge is -2.05. The molecule has 1 rings (SSSR count). The van der Waals surface area contributed by atoms with Crippen LogP contribution in [0.1, 0.15) is 30.3 Å². The lowest BCUT2D eigenvalue weighted by Crippen LogP contribution is -2.25. The van der Waals surface area contributed by atoms with E-state index >= 15 is 0 Å². The molecule has 1 aromatic rings. The van der Waals surface area contributed by atoms with Gasteiger partial charge in [-0.1, -0.05) is 11.6 Å². The second kappa shape index (κ2) is 6.45. The van der Waals surface area contributed by atoms with Crippen molar-refractivity contribution in [3.8, 4) is 0 Å². The van der Waals surface area contributed by atoms with Crippen LogP contribution < -0.4 is 5.32 Å². The number of aliphatic hydroxyl groups is 1. The second-order valence-corrected chi connectivity index (χ2v) is 4.05. The van der Waals surface area contributed by atoms with Gasteiger partial charge in [0.25, 0.3) is 5.91 Å². The number of aliphatic hydroxyl groups excluding tert-OH is 1. The van der Waals surface area contributed by atoms with Gasteiger partial charge in [0, 0.05) is 12.7 Å². The topological polar surface area (TPSA) is 62.2 Å². The highest BCUT2D eigenvalue weighted by Gasteiger charge is 2.05. The Balaban J connectivity index is 2.32. The maximum absolute atomic E-state index is 11.5. The smallest absolute Gasteiger partial charge is 0.269 e. The molecule has 0 fully saturated rings. The summed E-state index contributed by atoms with van der Waals surface area (Å²) in [6.45, 7) is 2.26. The molecule has 4 nitrogen and oxygen atoms in total. The Morgan fingerprint density at radius 1 is 1.62 bits per heavy atom. The van der Waals surface area contributed by atoms with Crippen molar-refractivity contribution in [2.45, 2.75) is 25.9 Å². The van der Waals surface area contributed by atoms with Gasteiger partial charge in [-0.25, -0.2) is 4.98 Å². The molecule has 1 heterocycles. The van der Waals surface area contributed by atoms with Crippen LogP contribution in [0, 0.1) is 0 Å². The van der Waals surface area contributed by atoms with E-state index in [0.717, 1.165) is 6.42 Å². The van der Waals surface area contributed by atoms with E-state index in [1.54, 1.807) is 19.1 Å². The largest absolute Gasteiger partial charge is 0.393 e. The predicted octanol–water partition coefficient (Wildman–Crippen LogP) is 1.63. The maximum atomic E-state index is 11.5. The number of hydrogen-bond acceptors (Lipinski definition) is 3. The van der Waals surface area contributed by atoms with Crippen molar-refractivity contribution in [2.24, 2.45) is 0 Å². The minimum absolute atomic E-state index is 0.220. The van der Waals surface area contributed by atoms with Crippen LogP contribution in [0.2, 0.25) is 5.02 Å². The highest BCUT2D eigenvalue weighted by atomic mass is 35.5. The van der Waals surface area contributed by atoms with Gasteiger partial charge in [-0.2, -0.15) is 0 Å². The van der Waals surface area contributed by atoms with Crippen molar-refractivity contribution >= 4 is 17.5 Å². The zero-order chi connectivity index (χ0) is 12.0. The lowest BCUT2D eigenvalue weighted by molar-refractivity contribution is 0.0944. The van der Waals surface area contributed by atoms with Crippen LogP contribution in [0.4, 0.5) is 0 Å². The molecule has 0 radical (unpaired) electrons. The van der Waals surface area contributed by atoms with Crippen LogP contribution in [0.3, 0.4) is 0 Å². The average Bonchev–Trinajstić information content (AvgIpc) is 2.25. The first kappa shape index (κ1) is 12.9. The van der Waals surface area contributed by atoms with E-state index < -0.39 is 0 Å². The summed E-state index contributed by atoms with van der Waals surface area (Å²) >= 11 is 5.66. The van der Waals surface area contributed by atoms with E-state index in [0.29, 0.717) is 23.7 Å². The molecule has 0 spiro atoms. The third-order valence-electron chi connectivity index (χ3n) is 2.04. The Kier molecular flexibility index (Phi) is 5.22. The Labute approximate surface area is 99.6 Å². The van der Waals surface area contributed by atoms with E-state index in [9.17, 15) is 4.79 Å². The molecule has 0 aliphatic heterocycles. The number of halogens is 1. The highest BCUT2D eigenvalue weighted by molar-refractivity contribution is 6.30. The molecule has 0 bridgehead atoms. The summed E-state index contributed by atoms with van der Waals surface area (Å²) in [4.78, 5) is 15.4. The van der Waals surface area contributed by atoms with E-state index in [1.165, 1.54) is 6.20 Å². The number of pyridine rings is 1. The van der Waals surface area contributed by atoms with Crippen molar-refractivity contribution in [3.05, 3.63) is 29.0 Å². The number of hydrogen-bond donors (Lipinski definition) is 2. The van der Waals surface area contributed by atoms with Gasteiger partial charge in [0.15, 0.2) is 0 Å². The average molecular weight is 243 g/mol. The van der Waals surface area contributed by atoms with Gasteiger partial charge >= 0.3 is 0 Å². The van der Waals surface area contributed by atoms with E-state index in [4.69, 9.17) is 16.7 Å². The monoisotopic (exact) mass is 242 g/mol. The molecule has 2 N–H and O–H groups in total. The van der Waals surface area contributed by atoms with Crippen molar-refractivity contribution in [3.63, 3.8) is 0 Å². The van der Waals surface area contributed by atoms with Gasteiger partial charge in [0.1, 0.15) is 5.69 Å². The predicted molar refractivity (Wildman–Crippen MR) is 62.5 cm³/mol. The van der Waals surface area contributed by atoms with Crippen LogP contribution in [-0.4, -0.2) is 28.6 Å². The summed E-state index contributed by atoms with van der Waals surface area (Å²) in [6, 6.07) is 3.20. The number of nitrogens with zero attached hydrogens (tertiary/aromatic N) is 1. The molecule has 5 heteroatoms. The molecule has 1 unspecified atom stereocenters. The Hall–Kier alpha value is -1.13. The van der Waals surface area contributed by atoms with Crippen molar-refractivity contribution in [1.82, 2.24) is 10.3 Å². The van der Waals surface area contributed by atoms with E-state index in [1.807, 2.05) is 0 Å². The van der Waals surface area contributed by atoms with E-state index in [2.05, 4.69) is 10.3 Å². The molecule has 1 aromatic heterocycles. The van der Waals surface area contributed by atoms with Gasteiger partial charge in [-0.3, -0.25) is 4.79 Å². The molecular formula is C11H15ClN2O2. The Morgan fingerprint density at radius 2 is 2.38 bits per heavy atom. The van der Waals surface area contributed by atoms with Gasteiger partial charge in [0.2, 0.25) is 0 Å². The zero-order valence-electron chi connectivity index (χ0n) is 9.11. The Bertz CT molecular complexity index is 338. The van der Waals surface area contributed by atoms with E-state index in [-0.39, 0.29) is 12.0 Å². The SMILES string of the molecule is CC(O)CCCNC(=O)c1ccc(Cl)cn1. The summed E-state index contributed by atoms with van der Waals surface area (Å²) in [6.07, 6.45) is 2.53. The zero-order valence-corrected chi connectivity index (χ0v) is 9.87. The summed E-state index contributed by atoms with van der Waals surface area (Å²) in [7, 11) is 0. The number of amides is 1. The normalized spacial score (nSPS) is 12.2. The summed E-state index contributed by atoms with van der Waals surface area (Å²) in [5.41, 5.74) is 0.349. The van der Waals surface area contributed by atoms with Crippen LogP contribution in [0.25, 0.3) is 0 Å². The fourth-order valence-electron chi connectivity index (χ4n) is 1.20. The number of aromatic nitrogens is 1. The van der Waals surface area contributed by atoms with Crippen molar-refractivity contribution in [2.75, 3.05) is 6.54 Å². The molecule has 88 valence electrons. The minimum Gasteiger partial charge on any atom is -0.393 e. The number of nitrogens with one attached hydrogen (secondary N) is 1. The van der Waals surface area contributed by atoms with Gasteiger partial charge in [-0.15, -0.1) is 0 Å². The minimum atomic E-state index is -0.328. The first-order valence-corrected chi connectivity index (χ1v) is 5.55. The summed E-state index contributed by atoms with van der Waals surface area (Å²) in [5, 5.41) is 12.2. The quantitative estimate of drug-likeness (QED) is 0.772. The first-order valence-electron chi connectivity index (χ1n) is 5.17. The molecule has 1 amide bonds. The number of carbonyl (C=O) groups is 1. The fourth-order valence-corrected chi connectivity index (χ4v) is 1.31. The van der Waals surface area contributed by atoms with Crippen molar-refractivity contribution in [1.29, 1.82) is 0 Å². The molecule has 0 aromatic carbocycles. The Morgan fingerprint density at radius 3 is 2.94 bits per heavy atom. The van der Waals surface area contributed by atoms with Crippen LogP contribution in [0.5, 0.6) is 0 Å². The van der Waals surface area contributed by atoms with Crippen LogP contribution in [0.15, 0.2) is 18.3 Å². The lowest BCUT2D eigenvalue weighted by atomic mass is 10.2. The highest BCUT2D eigenvalue weighted by Crippen LogP contribution is 2.05. The molecule has 0 saturated carbocycles. The van der Waals surface area contributed by atoms with Gasteiger partial charge in [-0.05, 0) is 31.9 Å². The number of carbonyl (C=O) groups excluding carboxylic acids is 1. The third-order valence-corrected chi connectivity index (χ3v) is 2.27. The number of rotatable bonds is 5. The summed E-state index contributed by atoms with van der Waals surface area (Å²) in [5.74, 6) is -0.220. The third kappa shape index (κ3) is 4.59. The molecular weight excluding hydrogens is 228 g/mol. The first-order chi connectivity index (χ1) is 7.59. The molecule has 1 atom stereocenters. The maximum Gasteiger partial charge on any atom is 0.269 e. The van der Waals surface area contributed by atoms with Crippen molar-refractivity contribution < 1.29 is 9.90 Å².